The number of nitrogens with two attached hydrogens (primary N) is 1. The fourth-order valence-electron chi connectivity index (χ4n) is 0.920. The molecule has 1 aromatic heterocycles. The summed E-state index contributed by atoms with van der Waals surface area (Å²) in [4.78, 5) is 0. The van der Waals surface area contributed by atoms with E-state index in [2.05, 4.69) is 17.1 Å². The van der Waals surface area contributed by atoms with Gasteiger partial charge >= 0.3 is 0 Å². The van der Waals surface area contributed by atoms with E-state index >= 15 is 0 Å². The Labute approximate surface area is 72.1 Å². The van der Waals surface area contributed by atoms with Gasteiger partial charge in [0.15, 0.2) is 0 Å². The second-order valence-electron chi connectivity index (χ2n) is 2.72. The van der Waals surface area contributed by atoms with Crippen LogP contribution in [0, 0.1) is 0 Å². The van der Waals surface area contributed by atoms with Crippen molar-refractivity contribution in [1.82, 2.24) is 10.2 Å². The Morgan fingerprint density at radius 2 is 2.42 bits per heavy atom. The zero-order chi connectivity index (χ0) is 8.81. The van der Waals surface area contributed by atoms with E-state index in [9.17, 15) is 0 Å². The zero-order valence-electron chi connectivity index (χ0n) is 7.34. The van der Waals surface area contributed by atoms with Crippen LogP contribution >= 0.6 is 0 Å². The van der Waals surface area contributed by atoms with Crippen molar-refractivity contribution in [3.05, 3.63) is 6.07 Å². The fourth-order valence-corrected chi connectivity index (χ4v) is 0.920. The van der Waals surface area contributed by atoms with Gasteiger partial charge in [0.1, 0.15) is 5.82 Å². The van der Waals surface area contributed by atoms with Crippen molar-refractivity contribution in [2.24, 2.45) is 0 Å². The second-order valence-corrected chi connectivity index (χ2v) is 2.72. The summed E-state index contributed by atoms with van der Waals surface area (Å²) in [5.41, 5.74) is 5.41. The van der Waals surface area contributed by atoms with E-state index in [0.29, 0.717) is 11.7 Å². The molecule has 1 heterocycles. The quantitative estimate of drug-likeness (QED) is 0.657. The first-order valence-corrected chi connectivity index (χ1v) is 4.26. The van der Waals surface area contributed by atoms with Gasteiger partial charge in [-0.15, -0.1) is 5.10 Å². The van der Waals surface area contributed by atoms with Crippen molar-refractivity contribution in [3.63, 3.8) is 0 Å². The molecule has 0 aliphatic carbocycles. The maximum atomic E-state index is 5.41. The van der Waals surface area contributed by atoms with Crippen molar-refractivity contribution in [2.75, 3.05) is 12.3 Å². The zero-order valence-corrected chi connectivity index (χ0v) is 7.34. The third-order valence-corrected chi connectivity index (χ3v) is 1.57. The third-order valence-electron chi connectivity index (χ3n) is 1.57. The van der Waals surface area contributed by atoms with Crippen molar-refractivity contribution >= 4 is 5.82 Å². The summed E-state index contributed by atoms with van der Waals surface area (Å²) in [7, 11) is 0. The van der Waals surface area contributed by atoms with Crippen molar-refractivity contribution in [2.45, 2.75) is 26.2 Å². The molecule has 0 spiro atoms. The van der Waals surface area contributed by atoms with Gasteiger partial charge in [0.2, 0.25) is 5.88 Å². The first kappa shape index (κ1) is 8.90. The Hall–Kier alpha value is -1.19. The standard InChI is InChI=1S/C8H15N3O/c1-2-3-4-5-12-8-6-7(9)10-11-8/h6H,2-5H2,1H3,(H3,9,10,11). The van der Waals surface area contributed by atoms with Crippen molar-refractivity contribution in [3.8, 4) is 5.88 Å². The molecule has 0 bridgehead atoms. The lowest BCUT2D eigenvalue weighted by Gasteiger charge is -1.99. The van der Waals surface area contributed by atoms with E-state index in [0.717, 1.165) is 13.0 Å². The molecule has 12 heavy (non-hydrogen) atoms. The molecular weight excluding hydrogens is 154 g/mol. The van der Waals surface area contributed by atoms with Crippen LogP contribution in [0.15, 0.2) is 6.07 Å². The van der Waals surface area contributed by atoms with Crippen LogP contribution in [0.5, 0.6) is 5.88 Å². The summed E-state index contributed by atoms with van der Waals surface area (Å²) >= 11 is 0. The molecule has 68 valence electrons. The number of anilines is 1. The summed E-state index contributed by atoms with van der Waals surface area (Å²) in [5, 5.41) is 6.45. The smallest absolute Gasteiger partial charge is 0.234 e. The van der Waals surface area contributed by atoms with Gasteiger partial charge < -0.3 is 10.5 Å². The number of aromatic nitrogens is 2. The molecule has 4 heteroatoms. The normalized spacial score (nSPS) is 10.1. The van der Waals surface area contributed by atoms with E-state index in [1.165, 1.54) is 12.8 Å². The largest absolute Gasteiger partial charge is 0.477 e. The minimum atomic E-state index is 0.542. The molecular formula is C8H15N3O. The van der Waals surface area contributed by atoms with Gasteiger partial charge in [0.25, 0.3) is 0 Å². The molecule has 0 saturated heterocycles. The Morgan fingerprint density at radius 3 is 3.00 bits per heavy atom. The molecule has 0 aliphatic rings. The predicted octanol–water partition coefficient (Wildman–Crippen LogP) is 1.56. The SMILES string of the molecule is CCCCCOc1cc(N)[nH]n1. The van der Waals surface area contributed by atoms with E-state index < -0.39 is 0 Å². The number of nitrogens with zero attached hydrogens (tertiary/aromatic N) is 1. The summed E-state index contributed by atoms with van der Waals surface area (Å²) < 4.78 is 5.31. The van der Waals surface area contributed by atoms with E-state index in [-0.39, 0.29) is 0 Å². The lowest BCUT2D eigenvalue weighted by atomic mass is 10.3. The molecule has 3 N–H and O–H groups in total. The van der Waals surface area contributed by atoms with E-state index in [1.54, 1.807) is 6.07 Å². The maximum absolute atomic E-state index is 5.41. The van der Waals surface area contributed by atoms with Crippen LogP contribution < -0.4 is 10.5 Å². The maximum Gasteiger partial charge on any atom is 0.234 e. The Morgan fingerprint density at radius 1 is 1.58 bits per heavy atom. The van der Waals surface area contributed by atoms with Gasteiger partial charge in [-0.25, -0.2) is 0 Å². The molecule has 1 aromatic rings. The number of hydrogen-bond donors (Lipinski definition) is 2. The van der Waals surface area contributed by atoms with Crippen LogP contribution in [0.25, 0.3) is 0 Å². The summed E-state index contributed by atoms with van der Waals surface area (Å²) in [6, 6.07) is 1.69. The second kappa shape index (κ2) is 4.64. The number of hydrogen-bond acceptors (Lipinski definition) is 3. The van der Waals surface area contributed by atoms with Gasteiger partial charge in [-0.1, -0.05) is 19.8 Å². The number of unbranched alkanes of at least 4 members (excludes halogenated alkanes) is 2. The molecule has 0 aromatic carbocycles. The predicted molar refractivity (Wildman–Crippen MR) is 48.0 cm³/mol. The Bertz CT molecular complexity index is 222. The van der Waals surface area contributed by atoms with Gasteiger partial charge in [0, 0.05) is 6.07 Å². The van der Waals surface area contributed by atoms with E-state index in [4.69, 9.17) is 10.5 Å². The Kier molecular flexibility index (Phi) is 3.44. The van der Waals surface area contributed by atoms with Crippen LogP contribution in [-0.2, 0) is 0 Å². The van der Waals surface area contributed by atoms with Gasteiger partial charge in [-0.2, -0.15) is 0 Å². The number of aromatic amines is 1. The minimum Gasteiger partial charge on any atom is -0.477 e. The van der Waals surface area contributed by atoms with E-state index in [1.807, 2.05) is 0 Å². The highest BCUT2D eigenvalue weighted by molar-refractivity contribution is 5.31. The summed E-state index contributed by atoms with van der Waals surface area (Å²) in [6.07, 6.45) is 3.47. The van der Waals surface area contributed by atoms with Crippen LogP contribution in [-0.4, -0.2) is 16.8 Å². The lowest BCUT2D eigenvalue weighted by Crippen LogP contribution is -1.96. The fraction of sp³-hybridized carbons (Fsp3) is 0.625. The highest BCUT2D eigenvalue weighted by Gasteiger charge is 1.96. The van der Waals surface area contributed by atoms with Gasteiger partial charge in [-0.05, 0) is 6.42 Å². The van der Waals surface area contributed by atoms with Crippen molar-refractivity contribution < 1.29 is 4.74 Å². The number of nitrogens with one attached hydrogen (secondary N) is 1. The molecule has 1 rings (SSSR count). The molecule has 0 fully saturated rings. The van der Waals surface area contributed by atoms with Crippen LogP contribution in [0.1, 0.15) is 26.2 Å². The molecule has 0 amide bonds. The molecule has 0 aliphatic heterocycles. The topological polar surface area (TPSA) is 63.9 Å². The highest BCUT2D eigenvalue weighted by atomic mass is 16.5. The highest BCUT2D eigenvalue weighted by Crippen LogP contribution is 2.09. The number of nitrogen functional groups attached to an aromatic ring is 1. The van der Waals surface area contributed by atoms with Crippen LogP contribution in [0.3, 0.4) is 0 Å². The first-order valence-electron chi connectivity index (χ1n) is 4.26. The average molecular weight is 169 g/mol. The molecule has 0 atom stereocenters. The van der Waals surface area contributed by atoms with Crippen LogP contribution in [0.2, 0.25) is 0 Å². The monoisotopic (exact) mass is 169 g/mol. The number of ether oxygens (including phenoxy) is 1. The van der Waals surface area contributed by atoms with Crippen LogP contribution in [0.4, 0.5) is 5.82 Å². The molecule has 0 saturated carbocycles. The summed E-state index contributed by atoms with van der Waals surface area (Å²) in [5.74, 6) is 1.13. The first-order chi connectivity index (χ1) is 5.83. The molecule has 0 unspecified atom stereocenters. The van der Waals surface area contributed by atoms with Gasteiger partial charge in [-0.3, -0.25) is 5.10 Å². The molecule has 4 nitrogen and oxygen atoms in total. The Balaban J connectivity index is 2.15. The minimum absolute atomic E-state index is 0.542. The van der Waals surface area contributed by atoms with Gasteiger partial charge in [0.05, 0.1) is 6.61 Å². The molecule has 0 radical (unpaired) electrons. The third kappa shape index (κ3) is 2.82. The van der Waals surface area contributed by atoms with Crippen molar-refractivity contribution in [1.29, 1.82) is 0 Å². The lowest BCUT2D eigenvalue weighted by molar-refractivity contribution is 0.294. The summed E-state index contributed by atoms with van der Waals surface area (Å²) in [6.45, 7) is 2.88. The number of H-pyrrole nitrogens is 1. The average Bonchev–Trinajstić information content (AvgIpc) is 2.45. The number of rotatable bonds is 5.